The van der Waals surface area contributed by atoms with Crippen molar-refractivity contribution < 1.29 is 0 Å². The topological polar surface area (TPSA) is 6.48 Å². The van der Waals surface area contributed by atoms with Gasteiger partial charge in [-0.15, -0.1) is 11.3 Å². The first-order chi connectivity index (χ1) is 30.0. The molecule has 0 saturated heterocycles. The maximum absolute atomic E-state index is 2.67. The summed E-state index contributed by atoms with van der Waals surface area (Å²) in [6.07, 6.45) is 0. The number of fused-ring (bicyclic) bond motifs is 15. The molecule has 0 atom stereocenters. The Labute approximate surface area is 371 Å². The van der Waals surface area contributed by atoms with Crippen molar-refractivity contribution in [3.05, 3.63) is 195 Å². The highest BCUT2D eigenvalue weighted by atomic mass is 32.1. The molecule has 3 heterocycles. The highest BCUT2D eigenvalue weighted by Crippen LogP contribution is 2.67. The van der Waals surface area contributed by atoms with Crippen LogP contribution in [0.15, 0.2) is 152 Å². The molecule has 0 radical (unpaired) electrons. The number of anilines is 6. The lowest BCUT2D eigenvalue weighted by molar-refractivity contribution is 0.590. The molecule has 7 aromatic carbocycles. The van der Waals surface area contributed by atoms with Crippen LogP contribution in [-0.2, 0) is 10.8 Å². The molecule has 62 heavy (non-hydrogen) atoms. The van der Waals surface area contributed by atoms with Gasteiger partial charge in [0.05, 0.1) is 11.1 Å². The minimum Gasteiger partial charge on any atom is -0.311 e. The Morgan fingerprint density at radius 1 is 0.548 bits per heavy atom. The van der Waals surface area contributed by atoms with E-state index in [4.69, 9.17) is 0 Å². The van der Waals surface area contributed by atoms with Gasteiger partial charge < -0.3 is 9.80 Å². The van der Waals surface area contributed by atoms with Crippen molar-refractivity contribution in [3.63, 3.8) is 0 Å². The Hall–Kier alpha value is -6.10. The van der Waals surface area contributed by atoms with Crippen LogP contribution in [0.4, 0.5) is 34.1 Å². The van der Waals surface area contributed by atoms with E-state index < -0.39 is 5.41 Å². The van der Waals surface area contributed by atoms with Crippen molar-refractivity contribution in [2.45, 2.75) is 78.1 Å². The standard InChI is InChI=1S/C58H51BN2S/c1-34(2)37-21-26-40(27-22-37)60-49-20-14-13-19-48(49)59-53-50(60)31-36(5)32-51(53)61(41-28-24-39(25-29-41)57(6,7)8)54-52-44-30-23-38(35(3)4)33-47(44)58(55(52)62-56(54)59)45-17-11-9-15-42(45)43-16-10-12-18-46(43)58/h9-35H,1-8H3. The van der Waals surface area contributed by atoms with Gasteiger partial charge in [0.2, 0.25) is 0 Å². The van der Waals surface area contributed by atoms with E-state index in [1.807, 2.05) is 0 Å². The molecule has 302 valence electrons. The second-order valence-corrected chi connectivity index (χ2v) is 20.8. The highest BCUT2D eigenvalue weighted by molar-refractivity contribution is 7.30. The first-order valence-corrected chi connectivity index (χ1v) is 23.3. The molecular weight excluding hydrogens is 768 g/mol. The maximum atomic E-state index is 2.67. The average molecular weight is 819 g/mol. The van der Waals surface area contributed by atoms with Crippen LogP contribution in [0, 0.1) is 6.92 Å². The van der Waals surface area contributed by atoms with Gasteiger partial charge in [-0.25, -0.2) is 0 Å². The Morgan fingerprint density at radius 3 is 1.76 bits per heavy atom. The number of benzene rings is 7. The lowest BCUT2D eigenvalue weighted by Crippen LogP contribution is -2.60. The average Bonchev–Trinajstić information content (AvgIpc) is 3.90. The predicted octanol–water partition coefficient (Wildman–Crippen LogP) is 14.0. The van der Waals surface area contributed by atoms with Crippen LogP contribution in [0.25, 0.3) is 22.3 Å². The zero-order valence-corrected chi connectivity index (χ0v) is 37.8. The van der Waals surface area contributed by atoms with Crippen LogP contribution in [0.5, 0.6) is 0 Å². The fourth-order valence-electron chi connectivity index (χ4n) is 11.4. The Kier molecular flexibility index (Phi) is 8.02. The van der Waals surface area contributed by atoms with Crippen LogP contribution in [-0.4, -0.2) is 6.71 Å². The van der Waals surface area contributed by atoms with Gasteiger partial charge in [0, 0.05) is 43.7 Å². The molecule has 0 bridgehead atoms. The van der Waals surface area contributed by atoms with E-state index in [2.05, 4.69) is 228 Å². The first-order valence-electron chi connectivity index (χ1n) is 22.5. The van der Waals surface area contributed by atoms with Crippen LogP contribution in [0.1, 0.15) is 104 Å². The molecule has 0 unspecified atom stereocenters. The van der Waals surface area contributed by atoms with Crippen LogP contribution < -0.4 is 25.5 Å². The second kappa shape index (κ2) is 13.2. The lowest BCUT2D eigenvalue weighted by atomic mass is 9.36. The molecule has 0 N–H and O–H groups in total. The number of rotatable bonds is 4. The van der Waals surface area contributed by atoms with Crippen molar-refractivity contribution >= 4 is 67.9 Å². The van der Waals surface area contributed by atoms with Gasteiger partial charge in [0.1, 0.15) is 0 Å². The van der Waals surface area contributed by atoms with Crippen molar-refractivity contribution in [2.75, 3.05) is 9.80 Å². The summed E-state index contributed by atoms with van der Waals surface area (Å²) >= 11 is 2.07. The Morgan fingerprint density at radius 2 is 1.11 bits per heavy atom. The zero-order chi connectivity index (χ0) is 42.4. The van der Waals surface area contributed by atoms with E-state index in [-0.39, 0.29) is 12.1 Å². The predicted molar refractivity (Wildman–Crippen MR) is 266 cm³/mol. The molecule has 0 fully saturated rings. The van der Waals surface area contributed by atoms with Crippen LogP contribution >= 0.6 is 11.3 Å². The highest BCUT2D eigenvalue weighted by Gasteiger charge is 2.57. The number of thiophene rings is 1. The summed E-state index contributed by atoms with van der Waals surface area (Å²) in [7, 11) is 0. The molecule has 4 heteroatoms. The van der Waals surface area contributed by atoms with Crippen molar-refractivity contribution in [1.29, 1.82) is 0 Å². The summed E-state index contributed by atoms with van der Waals surface area (Å²) in [6, 6.07) is 58.9. The summed E-state index contributed by atoms with van der Waals surface area (Å²) in [4.78, 5) is 6.66. The van der Waals surface area contributed by atoms with E-state index >= 15 is 0 Å². The third-order valence-electron chi connectivity index (χ3n) is 14.4. The normalized spacial score (nSPS) is 14.8. The van der Waals surface area contributed by atoms with Gasteiger partial charge in [0.15, 0.2) is 0 Å². The van der Waals surface area contributed by atoms with Gasteiger partial charge in [-0.2, -0.15) is 0 Å². The van der Waals surface area contributed by atoms with E-state index in [0.29, 0.717) is 11.8 Å². The van der Waals surface area contributed by atoms with Gasteiger partial charge >= 0.3 is 0 Å². The molecule has 12 rings (SSSR count). The third kappa shape index (κ3) is 4.99. The van der Waals surface area contributed by atoms with Crippen LogP contribution in [0.3, 0.4) is 0 Å². The number of hydrogen-bond acceptors (Lipinski definition) is 3. The summed E-state index contributed by atoms with van der Waals surface area (Å²) < 4.78 is 1.43. The monoisotopic (exact) mass is 818 g/mol. The summed E-state index contributed by atoms with van der Waals surface area (Å²) in [5.74, 6) is 0.876. The summed E-state index contributed by atoms with van der Waals surface area (Å²) in [5.41, 5.74) is 24.9. The first kappa shape index (κ1) is 37.6. The minimum absolute atomic E-state index is 0.0425. The van der Waals surface area contributed by atoms with Crippen molar-refractivity contribution in [2.24, 2.45) is 0 Å². The fourth-order valence-corrected chi connectivity index (χ4v) is 13.1. The van der Waals surface area contributed by atoms with E-state index in [1.165, 1.54) is 116 Å². The quantitative estimate of drug-likeness (QED) is 0.163. The van der Waals surface area contributed by atoms with E-state index in [0.717, 1.165) is 0 Å². The molecule has 2 nitrogen and oxygen atoms in total. The van der Waals surface area contributed by atoms with Crippen LogP contribution in [0.2, 0.25) is 0 Å². The van der Waals surface area contributed by atoms with Gasteiger partial charge in [0.25, 0.3) is 6.71 Å². The summed E-state index contributed by atoms with van der Waals surface area (Å²) in [6.45, 7) is 18.5. The number of hydrogen-bond donors (Lipinski definition) is 0. The largest absolute Gasteiger partial charge is 0.311 e. The second-order valence-electron chi connectivity index (χ2n) is 19.7. The van der Waals surface area contributed by atoms with Gasteiger partial charge in [-0.3, -0.25) is 0 Å². The number of nitrogens with zero attached hydrogens (tertiary/aromatic N) is 2. The molecule has 2 aliphatic carbocycles. The summed E-state index contributed by atoms with van der Waals surface area (Å²) in [5, 5.41) is 0. The Bertz CT molecular complexity index is 3100. The zero-order valence-electron chi connectivity index (χ0n) is 37.0. The van der Waals surface area contributed by atoms with E-state index in [1.54, 1.807) is 0 Å². The number of para-hydroxylation sites is 1. The molecule has 0 saturated carbocycles. The molecule has 4 aliphatic rings. The van der Waals surface area contributed by atoms with E-state index in [9.17, 15) is 0 Å². The molecule has 0 amide bonds. The maximum Gasteiger partial charge on any atom is 0.264 e. The molecule has 8 aromatic rings. The van der Waals surface area contributed by atoms with Crippen molar-refractivity contribution in [3.8, 4) is 22.3 Å². The molecule has 2 aliphatic heterocycles. The van der Waals surface area contributed by atoms with Crippen molar-refractivity contribution in [1.82, 2.24) is 0 Å². The fraction of sp³-hybridized carbons (Fsp3) is 0.207. The lowest BCUT2D eigenvalue weighted by Gasteiger charge is -2.43. The number of aryl methyl sites for hydroxylation is 1. The van der Waals surface area contributed by atoms with Gasteiger partial charge in [-0.1, -0.05) is 158 Å². The van der Waals surface area contributed by atoms with Gasteiger partial charge in [-0.05, 0) is 133 Å². The Balaban J connectivity index is 1.21. The molecule has 1 spiro atoms. The third-order valence-corrected chi connectivity index (χ3v) is 15.8. The minimum atomic E-state index is -0.435. The SMILES string of the molecule is Cc1cc2c3c(c1)N(c1ccc(C(C)(C)C)cc1)c1c(sc4c1-c1ccc(C(C)C)cc1C41c4ccccc4-c4ccccc41)B3c1ccccc1N2c1ccc(C(C)C)cc1. The smallest absolute Gasteiger partial charge is 0.264 e. The molecular formula is C58H51BN2S. The molecule has 1 aromatic heterocycles.